The van der Waals surface area contributed by atoms with Gasteiger partial charge in [0.2, 0.25) is 0 Å². The molecule has 2 fully saturated rings. The Kier molecular flexibility index (Phi) is 7.76. The molecular formula is C21H31N3O3S. The highest BCUT2D eigenvalue weighted by Gasteiger charge is 2.31. The molecule has 2 aliphatic rings. The van der Waals surface area contributed by atoms with Crippen molar-refractivity contribution in [2.24, 2.45) is 5.73 Å². The third-order valence-electron chi connectivity index (χ3n) is 5.61. The predicted octanol–water partition coefficient (Wildman–Crippen LogP) is 2.94. The molecule has 0 bridgehead atoms. The fourth-order valence-electron chi connectivity index (χ4n) is 4.10. The Labute approximate surface area is 171 Å². The van der Waals surface area contributed by atoms with E-state index in [1.54, 1.807) is 0 Å². The number of nitrogens with zero attached hydrogens (tertiary/aromatic N) is 1. The first-order chi connectivity index (χ1) is 13.5. The topological polar surface area (TPSA) is 84.7 Å². The Morgan fingerprint density at radius 1 is 1.25 bits per heavy atom. The minimum atomic E-state index is -0.520. The van der Waals surface area contributed by atoms with Crippen LogP contribution >= 0.6 is 11.8 Å². The Morgan fingerprint density at radius 3 is 2.68 bits per heavy atom. The van der Waals surface area contributed by atoms with Crippen LogP contribution in [0.3, 0.4) is 0 Å². The van der Waals surface area contributed by atoms with Crippen LogP contribution in [-0.4, -0.2) is 53.1 Å². The smallest absolute Gasteiger partial charge is 0.277 e. The second-order valence-electron chi connectivity index (χ2n) is 7.69. The quantitative estimate of drug-likeness (QED) is 0.692. The number of ether oxygens (including phenoxy) is 1. The van der Waals surface area contributed by atoms with Gasteiger partial charge in [-0.25, -0.2) is 0 Å². The second kappa shape index (κ2) is 10.3. The fourth-order valence-corrected chi connectivity index (χ4v) is 4.82. The van der Waals surface area contributed by atoms with Crippen molar-refractivity contribution in [3.63, 3.8) is 0 Å². The third-order valence-corrected chi connectivity index (χ3v) is 6.62. The molecule has 7 heteroatoms. The van der Waals surface area contributed by atoms with Crippen molar-refractivity contribution >= 4 is 22.8 Å². The van der Waals surface area contributed by atoms with Gasteiger partial charge in [0.05, 0.1) is 11.4 Å². The van der Waals surface area contributed by atoms with Crippen molar-refractivity contribution < 1.29 is 14.3 Å². The fraction of sp³-hybridized carbons (Fsp3) is 0.619. The van der Waals surface area contributed by atoms with Crippen LogP contribution in [0.1, 0.15) is 44.6 Å². The van der Waals surface area contributed by atoms with Crippen LogP contribution in [0, 0.1) is 0 Å². The van der Waals surface area contributed by atoms with Crippen LogP contribution in [0.4, 0.5) is 4.79 Å². The molecule has 1 aromatic rings. The number of hydrogen-bond acceptors (Lipinski definition) is 6. The van der Waals surface area contributed by atoms with Gasteiger partial charge < -0.3 is 15.8 Å². The molecule has 28 heavy (non-hydrogen) atoms. The van der Waals surface area contributed by atoms with E-state index in [4.69, 9.17) is 10.5 Å². The number of carbonyl (C=O) groups excluding carboxylic acids is 2. The van der Waals surface area contributed by atoms with Crippen LogP contribution in [0.25, 0.3) is 0 Å². The lowest BCUT2D eigenvalue weighted by Crippen LogP contribution is -2.51. The predicted molar refractivity (Wildman–Crippen MR) is 113 cm³/mol. The zero-order chi connectivity index (χ0) is 19.9. The molecule has 0 radical (unpaired) electrons. The zero-order valence-corrected chi connectivity index (χ0v) is 17.4. The lowest BCUT2D eigenvalue weighted by Gasteiger charge is -2.36. The van der Waals surface area contributed by atoms with Crippen molar-refractivity contribution in [2.45, 2.75) is 62.9 Å². The number of benzene rings is 1. The molecule has 154 valence electrons. The van der Waals surface area contributed by atoms with E-state index in [-0.39, 0.29) is 5.78 Å². The lowest BCUT2D eigenvalue weighted by atomic mass is 10.1. The number of piperidine rings is 1. The van der Waals surface area contributed by atoms with Gasteiger partial charge >= 0.3 is 0 Å². The molecule has 0 aromatic heterocycles. The maximum absolute atomic E-state index is 11.7. The molecular weight excluding hydrogens is 374 g/mol. The lowest BCUT2D eigenvalue weighted by molar-refractivity contribution is -0.116. The highest BCUT2D eigenvalue weighted by molar-refractivity contribution is 8.14. The van der Waals surface area contributed by atoms with Crippen LogP contribution < -0.4 is 15.8 Å². The Hall–Kier alpha value is -1.57. The summed E-state index contributed by atoms with van der Waals surface area (Å²) in [4.78, 5) is 25.4. The summed E-state index contributed by atoms with van der Waals surface area (Å²) in [7, 11) is 0. The number of thioether (sulfide) groups is 1. The molecule has 3 N–H and O–H groups in total. The van der Waals surface area contributed by atoms with E-state index in [0.717, 1.165) is 36.2 Å². The van der Waals surface area contributed by atoms with Crippen molar-refractivity contribution in [2.75, 3.05) is 19.7 Å². The van der Waals surface area contributed by atoms with E-state index in [9.17, 15) is 9.59 Å². The van der Waals surface area contributed by atoms with Gasteiger partial charge in [0.25, 0.3) is 5.24 Å². The van der Waals surface area contributed by atoms with Gasteiger partial charge in [-0.15, -0.1) is 0 Å². The van der Waals surface area contributed by atoms with Crippen LogP contribution in [0.5, 0.6) is 5.75 Å². The first-order valence-electron chi connectivity index (χ1n) is 10.2. The molecule has 1 aromatic carbocycles. The van der Waals surface area contributed by atoms with E-state index < -0.39 is 10.5 Å². The zero-order valence-electron chi connectivity index (χ0n) is 16.6. The summed E-state index contributed by atoms with van der Waals surface area (Å²) in [5.41, 5.74) is 6.21. The number of rotatable bonds is 8. The Morgan fingerprint density at radius 2 is 2.04 bits per heavy atom. The molecule has 3 atom stereocenters. The highest BCUT2D eigenvalue weighted by atomic mass is 32.2. The van der Waals surface area contributed by atoms with Gasteiger partial charge in [-0.1, -0.05) is 23.9 Å². The van der Waals surface area contributed by atoms with Crippen molar-refractivity contribution in [1.82, 2.24) is 10.2 Å². The number of hydrogen-bond donors (Lipinski definition) is 2. The van der Waals surface area contributed by atoms with Gasteiger partial charge in [0.1, 0.15) is 18.1 Å². The summed E-state index contributed by atoms with van der Waals surface area (Å²) in [6.45, 7) is 4.46. The number of carbonyl (C=O) groups is 2. The highest BCUT2D eigenvalue weighted by Crippen LogP contribution is 2.25. The van der Waals surface area contributed by atoms with Gasteiger partial charge in [-0.05, 0) is 69.7 Å². The molecule has 6 nitrogen and oxygen atoms in total. The standard InChI is InChI=1S/C21H31N3O3S/c1-15(25)19(28-21(22)26)13-16-7-9-18(10-8-16)27-14-17-5-4-12-24(17)20-6-2-3-11-23-20/h7-10,17,19-20,23H,2-6,11-14H2,1H3,(H2,22,26)/t17-,19?,20?/m0/s1. The SMILES string of the molecule is CC(=O)C(Cc1ccc(OC[C@@H]2CCCN2C2CCCCN2)cc1)SC(N)=O. The minimum absolute atomic E-state index is 0.0400. The summed E-state index contributed by atoms with van der Waals surface area (Å²) in [6, 6.07) is 8.27. The second-order valence-corrected chi connectivity index (χ2v) is 8.90. The normalized spacial score (nSPS) is 24.0. The van der Waals surface area contributed by atoms with E-state index >= 15 is 0 Å². The number of amides is 1. The van der Waals surface area contributed by atoms with Crippen LogP contribution in [-0.2, 0) is 11.2 Å². The van der Waals surface area contributed by atoms with Gasteiger partial charge in [0.15, 0.2) is 0 Å². The molecule has 2 aliphatic heterocycles. The average molecular weight is 406 g/mol. The van der Waals surface area contributed by atoms with Crippen molar-refractivity contribution in [3.8, 4) is 5.75 Å². The Bertz CT molecular complexity index is 661. The third kappa shape index (κ3) is 5.96. The number of primary amides is 1. The van der Waals surface area contributed by atoms with Gasteiger partial charge in [-0.3, -0.25) is 14.5 Å². The minimum Gasteiger partial charge on any atom is -0.492 e. The maximum Gasteiger partial charge on any atom is 0.277 e. The largest absolute Gasteiger partial charge is 0.492 e. The number of nitrogens with two attached hydrogens (primary N) is 1. The van der Waals surface area contributed by atoms with Gasteiger partial charge in [-0.2, -0.15) is 0 Å². The van der Waals surface area contributed by atoms with E-state index in [0.29, 0.717) is 25.2 Å². The summed E-state index contributed by atoms with van der Waals surface area (Å²) in [5, 5.41) is 2.69. The molecule has 3 rings (SSSR count). The Balaban J connectivity index is 1.51. The maximum atomic E-state index is 11.7. The van der Waals surface area contributed by atoms with Crippen LogP contribution in [0.15, 0.2) is 24.3 Å². The molecule has 2 unspecified atom stereocenters. The molecule has 0 saturated carbocycles. The molecule has 2 saturated heterocycles. The summed E-state index contributed by atoms with van der Waals surface area (Å²) in [5.74, 6) is 0.802. The van der Waals surface area contributed by atoms with Crippen LogP contribution in [0.2, 0.25) is 0 Å². The number of Topliss-reactive ketones (excluding diaryl/α,β-unsaturated/α-hetero) is 1. The molecule has 2 heterocycles. The summed E-state index contributed by atoms with van der Waals surface area (Å²) in [6.07, 6.45) is 7.21. The monoisotopic (exact) mass is 405 g/mol. The first kappa shape index (κ1) is 21.1. The number of nitrogens with one attached hydrogen (secondary N) is 1. The van der Waals surface area contributed by atoms with E-state index in [2.05, 4.69) is 10.2 Å². The molecule has 0 aliphatic carbocycles. The summed E-state index contributed by atoms with van der Waals surface area (Å²) < 4.78 is 6.07. The van der Waals surface area contributed by atoms with Crippen molar-refractivity contribution in [1.29, 1.82) is 0 Å². The van der Waals surface area contributed by atoms with Gasteiger partial charge in [0, 0.05) is 12.6 Å². The summed E-state index contributed by atoms with van der Waals surface area (Å²) >= 11 is 0.894. The first-order valence-corrected chi connectivity index (χ1v) is 11.1. The number of ketones is 1. The average Bonchev–Trinajstić information content (AvgIpc) is 3.16. The van der Waals surface area contributed by atoms with E-state index in [1.165, 1.54) is 39.0 Å². The molecule has 1 amide bonds. The van der Waals surface area contributed by atoms with E-state index in [1.807, 2.05) is 24.3 Å². The molecule has 0 spiro atoms. The van der Waals surface area contributed by atoms with Crippen molar-refractivity contribution in [3.05, 3.63) is 29.8 Å². The number of likely N-dealkylation sites (tertiary alicyclic amines) is 1.